The molecule has 0 unspecified atom stereocenters. The van der Waals surface area contributed by atoms with Crippen molar-refractivity contribution in [3.05, 3.63) is 58.9 Å². The molecule has 2 N–H and O–H groups in total. The molecule has 1 amide bonds. The van der Waals surface area contributed by atoms with Gasteiger partial charge in [0.05, 0.1) is 6.04 Å². The molecule has 0 saturated heterocycles. The lowest BCUT2D eigenvalue weighted by atomic mass is 9.95. The third-order valence-corrected chi connectivity index (χ3v) is 3.60. The second-order valence-electron chi connectivity index (χ2n) is 4.76. The molecule has 1 aromatic heterocycles. The van der Waals surface area contributed by atoms with Crippen molar-refractivity contribution in [2.24, 2.45) is 0 Å². The number of aromatic nitrogens is 1. The summed E-state index contributed by atoms with van der Waals surface area (Å²) in [7, 11) is 0. The maximum atomic E-state index is 12.3. The van der Waals surface area contributed by atoms with Crippen molar-refractivity contribution in [3.8, 4) is 0 Å². The van der Waals surface area contributed by atoms with Crippen molar-refractivity contribution in [1.82, 2.24) is 10.3 Å². The molecule has 0 radical (unpaired) electrons. The van der Waals surface area contributed by atoms with Gasteiger partial charge in [0.25, 0.3) is 0 Å². The monoisotopic (exact) mass is 287 g/mol. The quantitative estimate of drug-likeness (QED) is 0.834. The smallest absolute Gasteiger partial charge is 0.241 e. The van der Waals surface area contributed by atoms with Crippen LogP contribution in [-0.2, 0) is 17.8 Å². The number of fused-ring (bicyclic) bond motifs is 1. The van der Waals surface area contributed by atoms with Crippen molar-refractivity contribution in [3.63, 3.8) is 0 Å². The van der Waals surface area contributed by atoms with E-state index in [2.05, 4.69) is 27.8 Å². The Hall–Kier alpha value is -1.91. The minimum Gasteiger partial charge on any atom is -0.325 e. The number of benzene rings is 1. The Kier molecular flexibility index (Phi) is 3.67. The number of amides is 1. The number of pyridine rings is 1. The van der Waals surface area contributed by atoms with Crippen LogP contribution in [0.25, 0.3) is 0 Å². The number of nitrogens with zero attached hydrogens (tertiary/aromatic N) is 1. The molecule has 2 heterocycles. The summed E-state index contributed by atoms with van der Waals surface area (Å²) in [5.41, 5.74) is 3.14. The third-order valence-electron chi connectivity index (χ3n) is 3.39. The Bertz CT molecular complexity index is 645. The highest BCUT2D eigenvalue weighted by Gasteiger charge is 2.23. The van der Waals surface area contributed by atoms with E-state index in [0.717, 1.165) is 0 Å². The maximum absolute atomic E-state index is 12.3. The van der Waals surface area contributed by atoms with Crippen LogP contribution in [0.4, 0.5) is 5.69 Å². The largest absolute Gasteiger partial charge is 0.325 e. The van der Waals surface area contributed by atoms with Crippen LogP contribution in [0.5, 0.6) is 0 Å². The molecule has 1 aliphatic heterocycles. The Morgan fingerprint density at radius 3 is 2.90 bits per heavy atom. The summed E-state index contributed by atoms with van der Waals surface area (Å²) >= 11 is 5.80. The van der Waals surface area contributed by atoms with E-state index < -0.39 is 0 Å². The maximum Gasteiger partial charge on any atom is 0.241 e. The minimum absolute atomic E-state index is 0.0539. The fourth-order valence-electron chi connectivity index (χ4n) is 2.35. The molecule has 102 valence electrons. The van der Waals surface area contributed by atoms with Crippen LogP contribution >= 0.6 is 11.6 Å². The van der Waals surface area contributed by atoms with E-state index >= 15 is 0 Å². The average molecular weight is 288 g/mol. The van der Waals surface area contributed by atoms with Crippen LogP contribution in [0, 0.1) is 0 Å². The first kappa shape index (κ1) is 13.1. The van der Waals surface area contributed by atoms with Gasteiger partial charge in [-0.15, -0.1) is 0 Å². The van der Waals surface area contributed by atoms with E-state index in [0.29, 0.717) is 23.8 Å². The van der Waals surface area contributed by atoms with E-state index in [4.69, 9.17) is 11.6 Å². The highest BCUT2D eigenvalue weighted by atomic mass is 35.5. The normalized spacial score (nSPS) is 17.4. The summed E-state index contributed by atoms with van der Waals surface area (Å²) in [6, 6.07) is 11.3. The topological polar surface area (TPSA) is 54.0 Å². The number of nitrogens with one attached hydrogen (secondary N) is 2. The summed E-state index contributed by atoms with van der Waals surface area (Å²) in [6.07, 6.45) is 2.27. The van der Waals surface area contributed by atoms with Crippen LogP contribution in [0.15, 0.2) is 42.6 Å². The molecule has 0 aliphatic carbocycles. The first-order valence-electron chi connectivity index (χ1n) is 6.45. The molecule has 4 nitrogen and oxygen atoms in total. The molecule has 0 bridgehead atoms. The zero-order valence-corrected chi connectivity index (χ0v) is 11.5. The lowest BCUT2D eigenvalue weighted by Crippen LogP contribution is -2.44. The summed E-state index contributed by atoms with van der Waals surface area (Å²) in [5, 5.41) is 6.47. The van der Waals surface area contributed by atoms with Gasteiger partial charge < -0.3 is 10.6 Å². The number of halogens is 1. The van der Waals surface area contributed by atoms with Crippen molar-refractivity contribution in [1.29, 1.82) is 0 Å². The highest BCUT2D eigenvalue weighted by molar-refractivity contribution is 6.29. The van der Waals surface area contributed by atoms with Gasteiger partial charge in [-0.25, -0.2) is 4.98 Å². The second-order valence-corrected chi connectivity index (χ2v) is 5.15. The molecule has 0 fully saturated rings. The Labute approximate surface area is 122 Å². The Balaban J connectivity index is 1.70. The summed E-state index contributed by atoms with van der Waals surface area (Å²) in [6.45, 7) is 0.714. The first-order valence-corrected chi connectivity index (χ1v) is 6.83. The minimum atomic E-state index is -0.225. The van der Waals surface area contributed by atoms with Gasteiger partial charge in [-0.3, -0.25) is 4.79 Å². The Morgan fingerprint density at radius 2 is 2.10 bits per heavy atom. The van der Waals surface area contributed by atoms with E-state index in [1.807, 2.05) is 12.1 Å². The van der Waals surface area contributed by atoms with Gasteiger partial charge in [0.1, 0.15) is 5.15 Å². The van der Waals surface area contributed by atoms with Gasteiger partial charge in [-0.1, -0.05) is 35.9 Å². The first-order chi connectivity index (χ1) is 9.72. The molecule has 1 aromatic carbocycles. The molecule has 3 rings (SSSR count). The SMILES string of the molecule is O=C(Nc1ccnc(Cl)c1)[C@H]1Cc2ccccc2CN1. The molecule has 0 saturated carbocycles. The van der Waals surface area contributed by atoms with E-state index in [-0.39, 0.29) is 11.9 Å². The van der Waals surface area contributed by atoms with Crippen LogP contribution < -0.4 is 10.6 Å². The van der Waals surface area contributed by atoms with Crippen molar-refractivity contribution < 1.29 is 4.79 Å². The standard InChI is InChI=1S/C15H14ClN3O/c16-14-8-12(5-6-17-14)19-15(20)13-7-10-3-1-2-4-11(10)9-18-13/h1-6,8,13,18H,7,9H2,(H,17,19,20)/t13-/m1/s1. The molecule has 0 spiro atoms. The predicted molar refractivity (Wildman–Crippen MR) is 78.7 cm³/mol. The van der Waals surface area contributed by atoms with Crippen LogP contribution in [-0.4, -0.2) is 16.9 Å². The van der Waals surface area contributed by atoms with Gasteiger partial charge in [0, 0.05) is 18.4 Å². The number of carbonyl (C=O) groups excluding carboxylic acids is 1. The highest BCUT2D eigenvalue weighted by Crippen LogP contribution is 2.18. The zero-order chi connectivity index (χ0) is 13.9. The fraction of sp³-hybridized carbons (Fsp3) is 0.200. The molecule has 5 heteroatoms. The molecular formula is C15H14ClN3O. The average Bonchev–Trinajstić information content (AvgIpc) is 2.47. The van der Waals surface area contributed by atoms with Crippen molar-refractivity contribution in [2.45, 2.75) is 19.0 Å². The van der Waals surface area contributed by atoms with Gasteiger partial charge >= 0.3 is 0 Å². The fourth-order valence-corrected chi connectivity index (χ4v) is 2.52. The molecule has 20 heavy (non-hydrogen) atoms. The predicted octanol–water partition coefficient (Wildman–Crippen LogP) is 2.39. The van der Waals surface area contributed by atoms with Gasteiger partial charge in [-0.05, 0) is 29.7 Å². The molecule has 1 atom stereocenters. The van der Waals surface area contributed by atoms with E-state index in [9.17, 15) is 4.79 Å². The van der Waals surface area contributed by atoms with Gasteiger partial charge in [-0.2, -0.15) is 0 Å². The Morgan fingerprint density at radius 1 is 1.30 bits per heavy atom. The second kappa shape index (κ2) is 5.61. The van der Waals surface area contributed by atoms with Crippen molar-refractivity contribution in [2.75, 3.05) is 5.32 Å². The lowest BCUT2D eigenvalue weighted by Gasteiger charge is -2.25. The van der Waals surface area contributed by atoms with Gasteiger partial charge in [0.15, 0.2) is 0 Å². The van der Waals surface area contributed by atoms with Crippen LogP contribution in [0.1, 0.15) is 11.1 Å². The van der Waals surface area contributed by atoms with Crippen molar-refractivity contribution >= 4 is 23.2 Å². The van der Waals surface area contributed by atoms with E-state index in [1.165, 1.54) is 11.1 Å². The zero-order valence-electron chi connectivity index (χ0n) is 10.8. The molecular weight excluding hydrogens is 274 g/mol. The molecule has 2 aromatic rings. The number of hydrogen-bond donors (Lipinski definition) is 2. The summed E-state index contributed by atoms with van der Waals surface area (Å²) < 4.78 is 0. The molecule has 1 aliphatic rings. The van der Waals surface area contributed by atoms with Crippen LogP contribution in [0.3, 0.4) is 0 Å². The summed E-state index contributed by atoms with van der Waals surface area (Å²) in [4.78, 5) is 16.1. The number of anilines is 1. The lowest BCUT2D eigenvalue weighted by molar-refractivity contribution is -0.118. The third kappa shape index (κ3) is 2.81. The van der Waals surface area contributed by atoms with Crippen LogP contribution in [0.2, 0.25) is 5.15 Å². The summed E-state index contributed by atoms with van der Waals surface area (Å²) in [5.74, 6) is -0.0539. The number of rotatable bonds is 2. The van der Waals surface area contributed by atoms with E-state index in [1.54, 1.807) is 18.3 Å². The number of hydrogen-bond acceptors (Lipinski definition) is 3. The number of carbonyl (C=O) groups is 1. The van der Waals surface area contributed by atoms with Gasteiger partial charge in [0.2, 0.25) is 5.91 Å².